The van der Waals surface area contributed by atoms with Crippen LogP contribution in [-0.2, 0) is 9.53 Å². The van der Waals surface area contributed by atoms with Crippen molar-refractivity contribution < 1.29 is 19.0 Å². The van der Waals surface area contributed by atoms with Crippen LogP contribution >= 0.6 is 15.9 Å². The highest BCUT2D eigenvalue weighted by Crippen LogP contribution is 2.35. The van der Waals surface area contributed by atoms with Crippen LogP contribution in [0, 0.1) is 11.7 Å². The van der Waals surface area contributed by atoms with Crippen molar-refractivity contribution in [3.63, 3.8) is 0 Å². The van der Waals surface area contributed by atoms with E-state index in [1.165, 1.54) is 6.07 Å². The molecule has 0 bridgehead atoms. The fourth-order valence-corrected chi connectivity index (χ4v) is 2.41. The molecule has 2 unspecified atom stereocenters. The highest BCUT2D eigenvalue weighted by atomic mass is 79.9. The molecule has 17 heavy (non-hydrogen) atoms. The van der Waals surface area contributed by atoms with Crippen molar-refractivity contribution in [2.45, 2.75) is 18.9 Å². The van der Waals surface area contributed by atoms with E-state index in [2.05, 4.69) is 15.9 Å². The summed E-state index contributed by atoms with van der Waals surface area (Å²) in [6.45, 7) is 0.476. The minimum Gasteiger partial charge on any atom is -0.481 e. The van der Waals surface area contributed by atoms with E-state index in [4.69, 9.17) is 9.84 Å². The van der Waals surface area contributed by atoms with Crippen molar-refractivity contribution in [2.24, 2.45) is 5.92 Å². The molecule has 0 spiro atoms. The summed E-state index contributed by atoms with van der Waals surface area (Å²) in [5.74, 6) is -2.03. The Balaban J connectivity index is 2.32. The highest BCUT2D eigenvalue weighted by Gasteiger charge is 2.34. The van der Waals surface area contributed by atoms with E-state index in [-0.39, 0.29) is 0 Å². The first-order valence-electron chi connectivity index (χ1n) is 5.39. The van der Waals surface area contributed by atoms with Gasteiger partial charge in [-0.05, 0) is 25.0 Å². The van der Waals surface area contributed by atoms with Gasteiger partial charge in [-0.2, -0.15) is 0 Å². The van der Waals surface area contributed by atoms with Crippen LogP contribution in [0.5, 0.6) is 0 Å². The standard InChI is InChI=1S/C12H12BrFO3/c13-7-3-4-8(10(14)6-7)11-9(12(15)16)2-1-5-17-11/h3-4,6,9,11H,1-2,5H2,(H,15,16). The Bertz CT molecular complexity index is 436. The molecular formula is C12H12BrFO3. The van der Waals surface area contributed by atoms with E-state index in [0.29, 0.717) is 29.5 Å². The van der Waals surface area contributed by atoms with Gasteiger partial charge < -0.3 is 9.84 Å². The van der Waals surface area contributed by atoms with Gasteiger partial charge in [-0.3, -0.25) is 4.79 Å². The van der Waals surface area contributed by atoms with E-state index in [9.17, 15) is 9.18 Å². The van der Waals surface area contributed by atoms with Crippen molar-refractivity contribution in [2.75, 3.05) is 6.61 Å². The zero-order valence-electron chi connectivity index (χ0n) is 9.03. The van der Waals surface area contributed by atoms with Crippen LogP contribution in [0.2, 0.25) is 0 Å². The molecule has 0 amide bonds. The van der Waals surface area contributed by atoms with Gasteiger partial charge in [-0.1, -0.05) is 22.0 Å². The summed E-state index contributed by atoms with van der Waals surface area (Å²) in [7, 11) is 0. The quantitative estimate of drug-likeness (QED) is 0.913. The number of carboxylic acids is 1. The number of halogens is 2. The molecule has 2 rings (SSSR count). The molecule has 0 aromatic heterocycles. The van der Waals surface area contributed by atoms with E-state index >= 15 is 0 Å². The van der Waals surface area contributed by atoms with E-state index in [1.807, 2.05) is 0 Å². The molecule has 92 valence electrons. The number of hydrogen-bond donors (Lipinski definition) is 1. The Hall–Kier alpha value is -0.940. The average Bonchev–Trinajstić information content (AvgIpc) is 2.29. The van der Waals surface area contributed by atoms with Crippen LogP contribution in [-0.4, -0.2) is 17.7 Å². The SMILES string of the molecule is O=C(O)C1CCCOC1c1ccc(Br)cc1F. The van der Waals surface area contributed by atoms with Gasteiger partial charge in [-0.15, -0.1) is 0 Å². The van der Waals surface area contributed by atoms with Crippen LogP contribution in [0.15, 0.2) is 22.7 Å². The maximum atomic E-state index is 13.8. The van der Waals surface area contributed by atoms with Crippen LogP contribution in [0.3, 0.4) is 0 Å². The second kappa shape index (κ2) is 5.14. The second-order valence-corrected chi connectivity index (χ2v) is 4.96. The summed E-state index contributed by atoms with van der Waals surface area (Å²) in [5.41, 5.74) is 0.320. The summed E-state index contributed by atoms with van der Waals surface area (Å²) < 4.78 is 19.8. The first-order valence-corrected chi connectivity index (χ1v) is 6.18. The van der Waals surface area contributed by atoms with Crippen LogP contribution in [0.25, 0.3) is 0 Å². The van der Waals surface area contributed by atoms with Crippen LogP contribution < -0.4 is 0 Å². The lowest BCUT2D eigenvalue weighted by molar-refractivity contribution is -0.152. The van der Waals surface area contributed by atoms with E-state index in [1.54, 1.807) is 12.1 Å². The van der Waals surface area contributed by atoms with Gasteiger partial charge in [0, 0.05) is 16.6 Å². The van der Waals surface area contributed by atoms with Crippen molar-refractivity contribution in [3.8, 4) is 0 Å². The molecule has 1 aliphatic rings. The zero-order valence-corrected chi connectivity index (χ0v) is 10.6. The Kier molecular flexibility index (Phi) is 3.79. The normalized spacial score (nSPS) is 24.6. The number of carboxylic acid groups (broad SMARTS) is 1. The molecular weight excluding hydrogens is 291 g/mol. The summed E-state index contributed by atoms with van der Waals surface area (Å²) >= 11 is 3.17. The van der Waals surface area contributed by atoms with Crippen LogP contribution in [0.1, 0.15) is 24.5 Å². The molecule has 3 nitrogen and oxygen atoms in total. The monoisotopic (exact) mass is 302 g/mol. The van der Waals surface area contributed by atoms with Gasteiger partial charge in [0.05, 0.1) is 12.0 Å². The summed E-state index contributed by atoms with van der Waals surface area (Å²) in [4.78, 5) is 11.1. The van der Waals surface area contributed by atoms with Crippen molar-refractivity contribution in [1.29, 1.82) is 0 Å². The molecule has 1 heterocycles. The first kappa shape index (κ1) is 12.5. The lowest BCUT2D eigenvalue weighted by Crippen LogP contribution is -2.29. The summed E-state index contributed by atoms with van der Waals surface area (Å²) in [6.07, 6.45) is 0.538. The highest BCUT2D eigenvalue weighted by molar-refractivity contribution is 9.10. The molecule has 2 atom stereocenters. The predicted molar refractivity (Wildman–Crippen MR) is 63.2 cm³/mol. The third-order valence-corrected chi connectivity index (χ3v) is 3.40. The Morgan fingerprint density at radius 3 is 2.94 bits per heavy atom. The molecule has 1 saturated heterocycles. The molecule has 0 aliphatic carbocycles. The fourth-order valence-electron chi connectivity index (χ4n) is 2.07. The number of hydrogen-bond acceptors (Lipinski definition) is 2. The third-order valence-electron chi connectivity index (χ3n) is 2.91. The Labute approximate surface area is 107 Å². The second-order valence-electron chi connectivity index (χ2n) is 4.04. The van der Waals surface area contributed by atoms with E-state index < -0.39 is 23.8 Å². The number of rotatable bonds is 2. The number of ether oxygens (including phenoxy) is 1. The molecule has 1 aromatic carbocycles. The van der Waals surface area contributed by atoms with Gasteiger partial charge in [0.25, 0.3) is 0 Å². The molecule has 1 aromatic rings. The number of aliphatic carboxylic acids is 1. The Morgan fingerprint density at radius 2 is 2.29 bits per heavy atom. The van der Waals surface area contributed by atoms with Gasteiger partial charge in [0.2, 0.25) is 0 Å². The summed E-state index contributed by atoms with van der Waals surface area (Å²) in [5, 5.41) is 9.10. The Morgan fingerprint density at radius 1 is 1.53 bits per heavy atom. The molecule has 0 radical (unpaired) electrons. The van der Waals surface area contributed by atoms with Crippen LogP contribution in [0.4, 0.5) is 4.39 Å². The number of benzene rings is 1. The van der Waals surface area contributed by atoms with Crippen molar-refractivity contribution >= 4 is 21.9 Å². The largest absolute Gasteiger partial charge is 0.481 e. The summed E-state index contributed by atoms with van der Waals surface area (Å²) in [6, 6.07) is 4.59. The maximum Gasteiger partial charge on any atom is 0.309 e. The zero-order chi connectivity index (χ0) is 12.4. The molecule has 1 aliphatic heterocycles. The molecule has 1 fully saturated rings. The van der Waals surface area contributed by atoms with Gasteiger partial charge in [-0.25, -0.2) is 4.39 Å². The topological polar surface area (TPSA) is 46.5 Å². The molecule has 0 saturated carbocycles. The fraction of sp³-hybridized carbons (Fsp3) is 0.417. The van der Waals surface area contributed by atoms with Crippen molar-refractivity contribution in [1.82, 2.24) is 0 Å². The van der Waals surface area contributed by atoms with Gasteiger partial charge >= 0.3 is 5.97 Å². The number of carbonyl (C=O) groups is 1. The lowest BCUT2D eigenvalue weighted by Gasteiger charge is -2.29. The smallest absolute Gasteiger partial charge is 0.309 e. The first-order chi connectivity index (χ1) is 8.09. The molecule has 5 heteroatoms. The predicted octanol–water partition coefficient (Wildman–Crippen LogP) is 3.14. The average molecular weight is 303 g/mol. The maximum absolute atomic E-state index is 13.8. The third kappa shape index (κ3) is 2.66. The van der Waals surface area contributed by atoms with E-state index in [0.717, 1.165) is 0 Å². The van der Waals surface area contributed by atoms with Crippen molar-refractivity contribution in [3.05, 3.63) is 34.1 Å². The minimum atomic E-state index is -0.933. The van der Waals surface area contributed by atoms with Gasteiger partial charge in [0.15, 0.2) is 0 Å². The molecule has 1 N–H and O–H groups in total. The van der Waals surface area contributed by atoms with Gasteiger partial charge in [0.1, 0.15) is 5.82 Å². The minimum absolute atomic E-state index is 0.320. The lowest BCUT2D eigenvalue weighted by atomic mass is 9.89.